The summed E-state index contributed by atoms with van der Waals surface area (Å²) >= 11 is 0. The monoisotopic (exact) mass is 836 g/mol. The Morgan fingerprint density at radius 3 is 0.917 bits per heavy atom. The molecular weight excluding hydrogens is 776 g/mol. The summed E-state index contributed by atoms with van der Waals surface area (Å²) in [6.45, 7) is 7.70. The summed E-state index contributed by atoms with van der Waals surface area (Å²) in [6.07, 6.45) is 0. The number of ether oxygens (including phenoxy) is 12. The lowest BCUT2D eigenvalue weighted by atomic mass is 10.2. The van der Waals surface area contributed by atoms with Gasteiger partial charge in [-0.15, -0.1) is 0 Å². The third kappa shape index (κ3) is 22.1. The molecule has 0 aliphatic heterocycles. The van der Waals surface area contributed by atoms with Crippen LogP contribution in [0.2, 0.25) is 0 Å². The van der Waals surface area contributed by atoms with Gasteiger partial charge in [-0.05, 0) is 28.8 Å². The van der Waals surface area contributed by atoms with Gasteiger partial charge in [-0.2, -0.15) is 0 Å². The Hall–Kier alpha value is -4.61. The summed E-state index contributed by atoms with van der Waals surface area (Å²) < 4.78 is 68.8. The van der Waals surface area contributed by atoms with Crippen LogP contribution in [0.25, 0.3) is 0 Å². The second-order valence-corrected chi connectivity index (χ2v) is 12.9. The molecule has 1 N–H and O–H groups in total. The van der Waals surface area contributed by atoms with E-state index in [2.05, 4.69) is 0 Å². The van der Waals surface area contributed by atoms with Crippen molar-refractivity contribution in [3.8, 4) is 17.2 Å². The Morgan fingerprint density at radius 2 is 0.617 bits per heavy atom. The minimum atomic E-state index is -1.15. The standard InChI is InChI=1S/C46H60O14/c47-46(48)42-34-43(58-31-28-52-19-16-49-22-25-55-36-39-10-4-1-5-11-39)45(60-33-30-54-21-18-51-24-27-57-38-41-14-8-3-9-15-41)44(35-42)59-32-29-53-20-17-50-23-26-56-37-40-12-6-2-7-13-40/h1-15,34-35H,16-33,36-38H2,(H,47,48). The van der Waals surface area contributed by atoms with Crippen molar-refractivity contribution in [3.05, 3.63) is 125 Å². The van der Waals surface area contributed by atoms with Gasteiger partial charge in [-0.3, -0.25) is 0 Å². The summed E-state index contributed by atoms with van der Waals surface area (Å²) in [7, 11) is 0. The highest BCUT2D eigenvalue weighted by molar-refractivity contribution is 5.89. The first-order valence-corrected chi connectivity index (χ1v) is 20.3. The smallest absolute Gasteiger partial charge is 0.335 e. The lowest BCUT2D eigenvalue weighted by molar-refractivity contribution is 0.00367. The van der Waals surface area contributed by atoms with Gasteiger partial charge in [0.15, 0.2) is 11.5 Å². The van der Waals surface area contributed by atoms with Crippen molar-refractivity contribution >= 4 is 5.97 Å². The predicted molar refractivity (Wildman–Crippen MR) is 223 cm³/mol. The van der Waals surface area contributed by atoms with Gasteiger partial charge in [0.1, 0.15) is 19.8 Å². The van der Waals surface area contributed by atoms with E-state index < -0.39 is 5.97 Å². The van der Waals surface area contributed by atoms with Crippen molar-refractivity contribution in [2.24, 2.45) is 0 Å². The van der Waals surface area contributed by atoms with Crippen LogP contribution in [0.4, 0.5) is 0 Å². The number of carboxylic acid groups (broad SMARTS) is 1. The van der Waals surface area contributed by atoms with Crippen LogP contribution in [0, 0.1) is 0 Å². The Bertz CT molecular complexity index is 1560. The maximum absolute atomic E-state index is 12.1. The third-order valence-electron chi connectivity index (χ3n) is 8.28. The largest absolute Gasteiger partial charge is 0.487 e. The summed E-state index contributed by atoms with van der Waals surface area (Å²) in [5.41, 5.74) is 3.30. The highest BCUT2D eigenvalue weighted by atomic mass is 16.6. The van der Waals surface area contributed by atoms with Crippen LogP contribution in [0.3, 0.4) is 0 Å². The van der Waals surface area contributed by atoms with E-state index in [1.807, 2.05) is 91.0 Å². The first kappa shape index (κ1) is 48.1. The third-order valence-corrected chi connectivity index (χ3v) is 8.28. The van der Waals surface area contributed by atoms with Crippen LogP contribution in [0.5, 0.6) is 17.2 Å². The molecule has 0 aromatic heterocycles. The predicted octanol–water partition coefficient (Wildman–Crippen LogP) is 6.27. The molecule has 0 saturated carbocycles. The van der Waals surface area contributed by atoms with Crippen molar-refractivity contribution in [1.82, 2.24) is 0 Å². The molecular formula is C46H60O14. The second kappa shape index (κ2) is 32.2. The zero-order chi connectivity index (χ0) is 42.0. The van der Waals surface area contributed by atoms with Crippen LogP contribution in [-0.4, -0.2) is 130 Å². The molecule has 328 valence electrons. The second-order valence-electron chi connectivity index (χ2n) is 12.9. The van der Waals surface area contributed by atoms with Crippen molar-refractivity contribution in [2.45, 2.75) is 19.8 Å². The minimum absolute atomic E-state index is 0.0268. The average molecular weight is 837 g/mol. The van der Waals surface area contributed by atoms with E-state index in [0.29, 0.717) is 99.1 Å². The number of carboxylic acids is 1. The molecule has 0 heterocycles. The van der Waals surface area contributed by atoms with Gasteiger partial charge < -0.3 is 61.9 Å². The number of rotatable bonds is 37. The highest BCUT2D eigenvalue weighted by Crippen LogP contribution is 2.39. The molecule has 14 heteroatoms. The SMILES string of the molecule is O=C(O)c1cc(OCCOCCOCCOCc2ccccc2)c(OCCOCCOCCOCc2ccccc2)c(OCCOCCOCCOCc2ccccc2)c1. The molecule has 0 bridgehead atoms. The summed E-state index contributed by atoms with van der Waals surface area (Å²) in [6, 6.07) is 32.6. The molecule has 14 nitrogen and oxygen atoms in total. The van der Waals surface area contributed by atoms with E-state index in [1.165, 1.54) is 12.1 Å². The van der Waals surface area contributed by atoms with E-state index in [1.54, 1.807) is 0 Å². The van der Waals surface area contributed by atoms with Crippen LogP contribution in [-0.2, 0) is 62.5 Å². The quantitative estimate of drug-likeness (QED) is 0.0509. The Morgan fingerprint density at radius 1 is 0.350 bits per heavy atom. The van der Waals surface area contributed by atoms with Gasteiger partial charge in [-0.1, -0.05) is 91.0 Å². The number of benzene rings is 4. The van der Waals surface area contributed by atoms with Crippen molar-refractivity contribution in [2.75, 3.05) is 119 Å². The van der Waals surface area contributed by atoms with Gasteiger partial charge in [0.05, 0.1) is 124 Å². The van der Waals surface area contributed by atoms with Gasteiger partial charge in [-0.25, -0.2) is 4.79 Å². The van der Waals surface area contributed by atoms with E-state index >= 15 is 0 Å². The zero-order valence-corrected chi connectivity index (χ0v) is 34.4. The molecule has 0 aliphatic carbocycles. The fourth-order valence-electron chi connectivity index (χ4n) is 5.29. The summed E-state index contributed by atoms with van der Waals surface area (Å²) in [5, 5.41) is 9.86. The highest BCUT2D eigenvalue weighted by Gasteiger charge is 2.19. The van der Waals surface area contributed by atoms with Gasteiger partial charge >= 0.3 is 5.97 Å². The van der Waals surface area contributed by atoms with Crippen LogP contribution >= 0.6 is 0 Å². The molecule has 0 radical (unpaired) electrons. The lowest BCUT2D eigenvalue weighted by Gasteiger charge is -2.18. The van der Waals surface area contributed by atoms with Crippen LogP contribution in [0.1, 0.15) is 27.0 Å². The fourth-order valence-corrected chi connectivity index (χ4v) is 5.29. The van der Waals surface area contributed by atoms with Crippen molar-refractivity contribution in [1.29, 1.82) is 0 Å². The molecule has 0 atom stereocenters. The molecule has 0 amide bonds. The molecule has 0 aliphatic rings. The fraction of sp³-hybridized carbons (Fsp3) is 0.457. The van der Waals surface area contributed by atoms with Gasteiger partial charge in [0, 0.05) is 0 Å². The number of hydrogen-bond donors (Lipinski definition) is 1. The number of aromatic carboxylic acids is 1. The summed E-state index contributed by atoms with van der Waals surface area (Å²) in [4.78, 5) is 12.1. The Kier molecular flexibility index (Phi) is 25.8. The Balaban J connectivity index is 1.15. The number of carbonyl (C=O) groups is 1. The topological polar surface area (TPSA) is 148 Å². The molecule has 4 aromatic rings. The van der Waals surface area contributed by atoms with Gasteiger partial charge in [0.2, 0.25) is 5.75 Å². The van der Waals surface area contributed by atoms with Crippen molar-refractivity contribution < 1.29 is 66.7 Å². The lowest BCUT2D eigenvalue weighted by Crippen LogP contribution is -2.16. The van der Waals surface area contributed by atoms with Crippen LogP contribution in [0.15, 0.2) is 103 Å². The first-order valence-electron chi connectivity index (χ1n) is 20.3. The molecule has 4 aromatic carbocycles. The maximum Gasteiger partial charge on any atom is 0.335 e. The normalized spacial score (nSPS) is 11.1. The molecule has 0 fully saturated rings. The minimum Gasteiger partial charge on any atom is -0.487 e. The molecule has 0 unspecified atom stereocenters. The van der Waals surface area contributed by atoms with E-state index in [9.17, 15) is 9.90 Å². The molecule has 4 rings (SSSR count). The molecule has 0 spiro atoms. The van der Waals surface area contributed by atoms with Crippen molar-refractivity contribution in [3.63, 3.8) is 0 Å². The average Bonchev–Trinajstić information content (AvgIpc) is 3.28. The van der Waals surface area contributed by atoms with E-state index in [-0.39, 0.29) is 62.5 Å². The molecule has 0 saturated heterocycles. The Labute approximate surface area is 353 Å². The maximum atomic E-state index is 12.1. The van der Waals surface area contributed by atoms with E-state index in [4.69, 9.17) is 56.8 Å². The molecule has 60 heavy (non-hydrogen) atoms. The van der Waals surface area contributed by atoms with E-state index in [0.717, 1.165) is 16.7 Å². The van der Waals surface area contributed by atoms with Crippen LogP contribution < -0.4 is 14.2 Å². The zero-order valence-electron chi connectivity index (χ0n) is 34.4. The van der Waals surface area contributed by atoms with Gasteiger partial charge in [0.25, 0.3) is 0 Å². The number of hydrogen-bond acceptors (Lipinski definition) is 13. The summed E-state index contributed by atoms with van der Waals surface area (Å²) in [5.74, 6) is -0.508. The first-order chi connectivity index (χ1) is 29.7.